The van der Waals surface area contributed by atoms with Crippen LogP contribution in [-0.4, -0.2) is 0 Å². The van der Waals surface area contributed by atoms with Gasteiger partial charge in [0.15, 0.2) is 0 Å². The number of hydrogen-bond donors (Lipinski definition) is 0. The monoisotopic (exact) mass is 855 g/mol. The Morgan fingerprint density at radius 3 is 1.58 bits per heavy atom. The van der Waals surface area contributed by atoms with Gasteiger partial charge in [-0.05, 0) is 127 Å². The average molecular weight is 856 g/mol. The molecule has 0 radical (unpaired) electrons. The molecule has 3 aliphatic rings. The van der Waals surface area contributed by atoms with Gasteiger partial charge in [0.1, 0.15) is 22.3 Å². The molecule has 0 N–H and O–H groups in total. The predicted octanol–water partition coefficient (Wildman–Crippen LogP) is 17.3. The molecule has 314 valence electrons. The van der Waals surface area contributed by atoms with Crippen LogP contribution in [-0.2, 0) is 10.8 Å². The van der Waals surface area contributed by atoms with E-state index in [1.807, 2.05) is 6.07 Å². The van der Waals surface area contributed by atoms with Crippen molar-refractivity contribution in [2.24, 2.45) is 0 Å². The van der Waals surface area contributed by atoms with E-state index < -0.39 is 5.41 Å². The predicted molar refractivity (Wildman–Crippen MR) is 275 cm³/mol. The Balaban J connectivity index is 1.04. The lowest BCUT2D eigenvalue weighted by Gasteiger charge is -2.36. The van der Waals surface area contributed by atoms with Crippen molar-refractivity contribution in [1.29, 1.82) is 0 Å². The Bertz CT molecular complexity index is 4110. The van der Waals surface area contributed by atoms with Gasteiger partial charge in [-0.2, -0.15) is 0 Å². The fourth-order valence-electron chi connectivity index (χ4n) is 12.6. The SMILES string of the molecule is CC1(C)c2ccccc2-c2ccc(N(c3ccc4c(c3)-c3ccccc3-c3ccccc3C43c4ccccc4-c4c3ccc3c4oc4ccccc43)c3ccc4oc5ccccc5c4c3)cc21. The molecule has 15 rings (SSSR count). The summed E-state index contributed by atoms with van der Waals surface area (Å²) in [5, 5.41) is 4.48. The quantitative estimate of drug-likeness (QED) is 0.177. The van der Waals surface area contributed by atoms with Crippen molar-refractivity contribution in [1.82, 2.24) is 0 Å². The molecule has 2 aromatic heterocycles. The van der Waals surface area contributed by atoms with Gasteiger partial charge in [-0.1, -0.05) is 172 Å². The second-order valence-corrected chi connectivity index (χ2v) is 19.1. The number of anilines is 3. The smallest absolute Gasteiger partial charge is 0.143 e. The number of furan rings is 2. The van der Waals surface area contributed by atoms with E-state index in [9.17, 15) is 0 Å². The van der Waals surface area contributed by atoms with Crippen molar-refractivity contribution >= 4 is 60.9 Å². The summed E-state index contributed by atoms with van der Waals surface area (Å²) in [7, 11) is 0. The normalized spacial score (nSPS) is 15.8. The van der Waals surface area contributed by atoms with Crippen LogP contribution in [0.1, 0.15) is 47.2 Å². The Morgan fingerprint density at radius 2 is 0.806 bits per heavy atom. The van der Waals surface area contributed by atoms with E-state index in [1.54, 1.807) is 0 Å². The highest BCUT2D eigenvalue weighted by atomic mass is 16.3. The summed E-state index contributed by atoms with van der Waals surface area (Å²) in [6.07, 6.45) is 0. The molecule has 67 heavy (non-hydrogen) atoms. The number of rotatable bonds is 3. The summed E-state index contributed by atoms with van der Waals surface area (Å²) >= 11 is 0. The summed E-state index contributed by atoms with van der Waals surface area (Å²) in [5.41, 5.74) is 23.6. The molecule has 3 aliphatic carbocycles. The maximum Gasteiger partial charge on any atom is 0.143 e. The summed E-state index contributed by atoms with van der Waals surface area (Å²) in [5.74, 6) is 0. The van der Waals surface area contributed by atoms with Crippen molar-refractivity contribution in [3.8, 4) is 44.5 Å². The lowest BCUT2D eigenvalue weighted by Crippen LogP contribution is -2.29. The van der Waals surface area contributed by atoms with Crippen LogP contribution in [0.3, 0.4) is 0 Å². The minimum atomic E-state index is -0.661. The molecule has 0 bridgehead atoms. The van der Waals surface area contributed by atoms with Crippen LogP contribution in [0.2, 0.25) is 0 Å². The van der Waals surface area contributed by atoms with Crippen LogP contribution in [0.4, 0.5) is 17.1 Å². The molecule has 0 aliphatic heterocycles. The Kier molecular flexibility index (Phi) is 7.22. The van der Waals surface area contributed by atoms with Gasteiger partial charge >= 0.3 is 0 Å². The van der Waals surface area contributed by atoms with Crippen LogP contribution in [0.15, 0.2) is 221 Å². The van der Waals surface area contributed by atoms with E-state index >= 15 is 0 Å². The molecular weight excluding hydrogens is 815 g/mol. The minimum Gasteiger partial charge on any atom is -0.456 e. The van der Waals surface area contributed by atoms with Gasteiger partial charge in [0, 0.05) is 49.6 Å². The van der Waals surface area contributed by atoms with E-state index in [-0.39, 0.29) is 5.41 Å². The minimum absolute atomic E-state index is 0.169. The van der Waals surface area contributed by atoms with E-state index in [2.05, 4.69) is 225 Å². The maximum absolute atomic E-state index is 6.91. The summed E-state index contributed by atoms with van der Waals surface area (Å²) < 4.78 is 13.3. The molecule has 2 heterocycles. The molecular formula is C64H41NO2. The highest BCUT2D eigenvalue weighted by Gasteiger charge is 2.51. The Morgan fingerprint density at radius 1 is 0.313 bits per heavy atom. The second kappa shape index (κ2) is 13.1. The lowest BCUT2D eigenvalue weighted by molar-refractivity contribution is 0.660. The fraction of sp³-hybridized carbons (Fsp3) is 0.0625. The fourth-order valence-corrected chi connectivity index (χ4v) is 12.6. The third-order valence-corrected chi connectivity index (χ3v) is 15.5. The lowest BCUT2D eigenvalue weighted by atomic mass is 9.66. The highest BCUT2D eigenvalue weighted by molar-refractivity contribution is 6.13. The molecule has 3 heteroatoms. The molecule has 0 amide bonds. The number of fused-ring (bicyclic) bond motifs is 22. The largest absolute Gasteiger partial charge is 0.456 e. The van der Waals surface area contributed by atoms with Crippen molar-refractivity contribution in [2.45, 2.75) is 24.7 Å². The first-order valence-electron chi connectivity index (χ1n) is 23.3. The van der Waals surface area contributed by atoms with Crippen molar-refractivity contribution in [3.63, 3.8) is 0 Å². The topological polar surface area (TPSA) is 29.5 Å². The van der Waals surface area contributed by atoms with Gasteiger partial charge in [-0.15, -0.1) is 0 Å². The first kappa shape index (κ1) is 36.9. The van der Waals surface area contributed by atoms with Crippen LogP contribution in [0, 0.1) is 0 Å². The average Bonchev–Trinajstić information content (AvgIpc) is 4.08. The summed E-state index contributed by atoms with van der Waals surface area (Å²) in [6.45, 7) is 4.73. The number of benzene rings is 10. The van der Waals surface area contributed by atoms with Gasteiger partial charge in [0.2, 0.25) is 0 Å². The van der Waals surface area contributed by atoms with Crippen LogP contribution in [0.25, 0.3) is 88.4 Å². The Hall–Kier alpha value is -8.40. The molecule has 0 fully saturated rings. The Labute approximate surface area is 387 Å². The number of nitrogens with zero attached hydrogens (tertiary/aromatic N) is 1. The first-order chi connectivity index (χ1) is 33.0. The van der Waals surface area contributed by atoms with Crippen molar-refractivity contribution in [2.75, 3.05) is 4.90 Å². The zero-order valence-corrected chi connectivity index (χ0v) is 37.0. The van der Waals surface area contributed by atoms with Gasteiger partial charge in [0.25, 0.3) is 0 Å². The zero-order valence-electron chi connectivity index (χ0n) is 37.0. The molecule has 10 aromatic carbocycles. The molecule has 1 atom stereocenters. The van der Waals surface area contributed by atoms with Gasteiger partial charge < -0.3 is 13.7 Å². The summed E-state index contributed by atoms with van der Waals surface area (Å²) in [4.78, 5) is 2.46. The van der Waals surface area contributed by atoms with Gasteiger partial charge in [-0.25, -0.2) is 0 Å². The molecule has 0 saturated carbocycles. The zero-order chi connectivity index (χ0) is 44.2. The molecule has 1 unspecified atom stereocenters. The van der Waals surface area contributed by atoms with Crippen molar-refractivity contribution < 1.29 is 8.83 Å². The van der Waals surface area contributed by atoms with E-state index in [0.29, 0.717) is 0 Å². The first-order valence-corrected chi connectivity index (χ1v) is 23.3. The summed E-state index contributed by atoms with van der Waals surface area (Å²) in [6, 6.07) is 78.6. The van der Waals surface area contributed by atoms with Crippen molar-refractivity contribution in [3.05, 3.63) is 246 Å². The van der Waals surface area contributed by atoms with Gasteiger partial charge in [0.05, 0.1) is 5.41 Å². The molecule has 1 spiro atoms. The molecule has 3 nitrogen and oxygen atoms in total. The maximum atomic E-state index is 6.91. The van der Waals surface area contributed by atoms with Crippen LogP contribution in [0.5, 0.6) is 0 Å². The van der Waals surface area contributed by atoms with E-state index in [1.165, 1.54) is 77.9 Å². The second-order valence-electron chi connectivity index (χ2n) is 19.1. The molecule has 0 saturated heterocycles. The van der Waals surface area contributed by atoms with E-state index in [0.717, 1.165) is 60.9 Å². The highest BCUT2D eigenvalue weighted by Crippen LogP contribution is 2.63. The number of hydrogen-bond acceptors (Lipinski definition) is 3. The van der Waals surface area contributed by atoms with E-state index in [4.69, 9.17) is 8.83 Å². The van der Waals surface area contributed by atoms with Crippen LogP contribution < -0.4 is 4.90 Å². The molecule has 12 aromatic rings. The third kappa shape index (κ3) is 4.75. The standard InChI is InChI=1S/C64H41NO2/c1-63(2)52-22-10-5-18-44(52)45-30-27-40(37-57(45)63)65(39-29-34-60-51(36-39)47-20-9-13-25-58(47)66-60)38-28-32-55-50(35-38)42-16-4-3-15-41(42)43-17-6-11-23-53(43)64(55)54-24-12-7-21-49(54)61-56(64)33-31-48-46-19-8-14-26-59(46)67-62(48)61/h3-37H,1-2H3. The number of para-hydroxylation sites is 2. The third-order valence-electron chi connectivity index (χ3n) is 15.5. The van der Waals surface area contributed by atoms with Gasteiger partial charge in [-0.3, -0.25) is 0 Å². The van der Waals surface area contributed by atoms with Crippen LogP contribution >= 0.6 is 0 Å².